The number of esters is 2. The van der Waals surface area contributed by atoms with Crippen molar-refractivity contribution in [1.29, 1.82) is 0 Å². The Kier molecular flexibility index (Phi) is 37.2. The zero-order valence-electron chi connectivity index (χ0n) is 34.9. The maximum absolute atomic E-state index is 12.6. The Labute approximate surface area is 343 Å². The minimum absolute atomic E-state index is 0.0905. The molecule has 3 atom stereocenters. The number of carbonyl (C=O) groups is 3. The Hall–Kier alpha value is -3.34. The first-order chi connectivity index (χ1) is 27.6. The van der Waals surface area contributed by atoms with E-state index in [0.29, 0.717) is 12.8 Å². The lowest BCUT2D eigenvalue weighted by molar-refractivity contribution is -0.161. The van der Waals surface area contributed by atoms with Gasteiger partial charge in [-0.25, -0.2) is 4.57 Å². The van der Waals surface area contributed by atoms with E-state index in [1.165, 1.54) is 32.1 Å². The number of carboxylic acid groups (broad SMARTS) is 1. The average Bonchev–Trinajstić information content (AvgIpc) is 3.19. The van der Waals surface area contributed by atoms with Gasteiger partial charge in [-0.05, 0) is 77.0 Å². The SMILES string of the molecule is CC/C=C\C/C=C\C/C=C\C/C=C\C/C=C\C/C=C\CCC(=O)OC[C@H](COP(=O)(O)OC[C@H](N)C(=O)O)OC(=O)CCCCCCC/C=C\CCCCCCC. The summed E-state index contributed by atoms with van der Waals surface area (Å²) in [6.07, 6.45) is 48.1. The van der Waals surface area contributed by atoms with Crippen molar-refractivity contribution < 1.29 is 47.5 Å². The number of phosphoric acid groups is 1. The molecule has 0 aliphatic carbocycles. The van der Waals surface area contributed by atoms with Crippen molar-refractivity contribution in [1.82, 2.24) is 0 Å². The van der Waals surface area contributed by atoms with Crippen LogP contribution >= 0.6 is 7.82 Å². The zero-order chi connectivity index (χ0) is 42.1. The summed E-state index contributed by atoms with van der Waals surface area (Å²) in [5.74, 6) is -2.51. The van der Waals surface area contributed by atoms with Crippen LogP contribution in [-0.2, 0) is 37.5 Å². The highest BCUT2D eigenvalue weighted by atomic mass is 31.2. The lowest BCUT2D eigenvalue weighted by Gasteiger charge is -2.20. The Morgan fingerprint density at radius 1 is 0.561 bits per heavy atom. The van der Waals surface area contributed by atoms with E-state index in [1.54, 1.807) is 0 Å². The Morgan fingerprint density at radius 2 is 1.02 bits per heavy atom. The Balaban J connectivity index is 4.53. The standard InChI is InChI=1S/C45H74NO10P/c1-3-5-7-9-11-13-15-17-19-20-21-22-23-25-26-28-30-32-34-36-43(47)53-38-41(39-54-57(51,52)55-40-42(46)45(49)50)56-44(48)37-35-33-31-29-27-24-18-16-14-12-10-8-6-4-2/h5,7,11,13,16-19,21-22,25-26,30,32,41-42H,3-4,6,8-10,12,14-15,20,23-24,27-29,31,33-40,46H2,1-2H3,(H,49,50)(H,51,52)/b7-5-,13-11-,18-16-,19-17-,22-21-,26-25-,32-30-/t41-,42+/m1/s1. The van der Waals surface area contributed by atoms with E-state index in [-0.39, 0.29) is 12.8 Å². The number of hydrogen-bond acceptors (Lipinski definition) is 9. The molecule has 0 fully saturated rings. The molecule has 0 radical (unpaired) electrons. The van der Waals surface area contributed by atoms with E-state index in [4.69, 9.17) is 24.8 Å². The fraction of sp³-hybridized carbons (Fsp3) is 0.622. The summed E-state index contributed by atoms with van der Waals surface area (Å²) in [6.45, 7) is 2.57. The van der Waals surface area contributed by atoms with E-state index >= 15 is 0 Å². The van der Waals surface area contributed by atoms with Crippen molar-refractivity contribution in [3.05, 3.63) is 85.1 Å². The average molecular weight is 820 g/mol. The minimum Gasteiger partial charge on any atom is -0.480 e. The fourth-order valence-corrected chi connectivity index (χ4v) is 5.86. The number of aliphatic carboxylic acids is 1. The number of nitrogens with two attached hydrogens (primary N) is 1. The second kappa shape index (κ2) is 39.5. The normalized spacial score (nSPS) is 14.6. The van der Waals surface area contributed by atoms with Crippen molar-refractivity contribution in [3.63, 3.8) is 0 Å². The third-order valence-corrected chi connectivity index (χ3v) is 9.34. The van der Waals surface area contributed by atoms with Gasteiger partial charge in [0.15, 0.2) is 6.10 Å². The number of unbranched alkanes of at least 4 members (excludes halogenated alkanes) is 10. The molecular weight excluding hydrogens is 745 g/mol. The highest BCUT2D eigenvalue weighted by Gasteiger charge is 2.28. The number of carbonyl (C=O) groups excluding carboxylic acids is 2. The number of allylic oxidation sites excluding steroid dienone is 14. The fourth-order valence-electron chi connectivity index (χ4n) is 5.08. The molecule has 4 N–H and O–H groups in total. The number of ether oxygens (including phenoxy) is 2. The van der Waals surface area contributed by atoms with Gasteiger partial charge in [0.2, 0.25) is 0 Å². The molecule has 0 aliphatic rings. The van der Waals surface area contributed by atoms with Crippen LogP contribution in [0.3, 0.4) is 0 Å². The molecule has 0 aromatic heterocycles. The lowest BCUT2D eigenvalue weighted by atomic mass is 10.1. The summed E-state index contributed by atoms with van der Waals surface area (Å²) >= 11 is 0. The topological polar surface area (TPSA) is 172 Å². The monoisotopic (exact) mass is 820 g/mol. The number of hydrogen-bond donors (Lipinski definition) is 3. The molecule has 11 nitrogen and oxygen atoms in total. The van der Waals surface area contributed by atoms with Crippen molar-refractivity contribution >= 4 is 25.7 Å². The third-order valence-electron chi connectivity index (χ3n) is 8.39. The van der Waals surface area contributed by atoms with Gasteiger partial charge in [-0.15, -0.1) is 0 Å². The van der Waals surface area contributed by atoms with Gasteiger partial charge in [0, 0.05) is 12.8 Å². The van der Waals surface area contributed by atoms with E-state index in [2.05, 4.69) is 91.3 Å². The van der Waals surface area contributed by atoms with E-state index < -0.39 is 57.7 Å². The second-order valence-corrected chi connectivity index (χ2v) is 15.2. The van der Waals surface area contributed by atoms with Crippen molar-refractivity contribution in [3.8, 4) is 0 Å². The van der Waals surface area contributed by atoms with Gasteiger partial charge in [-0.1, -0.05) is 144 Å². The molecule has 0 heterocycles. The first kappa shape index (κ1) is 53.7. The molecule has 0 rings (SSSR count). The van der Waals surface area contributed by atoms with E-state index in [0.717, 1.165) is 77.0 Å². The largest absolute Gasteiger partial charge is 0.480 e. The molecule has 0 bridgehead atoms. The van der Waals surface area contributed by atoms with Crippen molar-refractivity contribution in [2.45, 2.75) is 161 Å². The van der Waals surface area contributed by atoms with Crippen LogP contribution in [0.15, 0.2) is 85.1 Å². The van der Waals surface area contributed by atoms with Gasteiger partial charge >= 0.3 is 25.7 Å². The van der Waals surface area contributed by atoms with Crippen molar-refractivity contribution in [2.24, 2.45) is 5.73 Å². The summed E-state index contributed by atoms with van der Waals surface area (Å²) in [7, 11) is -4.74. The van der Waals surface area contributed by atoms with Crippen LogP contribution in [0.2, 0.25) is 0 Å². The molecule has 0 amide bonds. The number of phosphoric ester groups is 1. The van der Waals surface area contributed by atoms with Crippen LogP contribution in [0.5, 0.6) is 0 Å². The molecule has 0 aliphatic heterocycles. The molecule has 324 valence electrons. The maximum atomic E-state index is 12.6. The maximum Gasteiger partial charge on any atom is 0.472 e. The van der Waals surface area contributed by atoms with E-state index in [9.17, 15) is 23.8 Å². The van der Waals surface area contributed by atoms with Gasteiger partial charge in [0.1, 0.15) is 12.6 Å². The highest BCUT2D eigenvalue weighted by Crippen LogP contribution is 2.43. The molecule has 1 unspecified atom stereocenters. The smallest absolute Gasteiger partial charge is 0.472 e. The van der Waals surface area contributed by atoms with Gasteiger partial charge in [0.05, 0.1) is 13.2 Å². The summed E-state index contributed by atoms with van der Waals surface area (Å²) in [6, 6.07) is -1.54. The van der Waals surface area contributed by atoms with Crippen LogP contribution in [0.4, 0.5) is 0 Å². The molecule has 0 saturated carbocycles. The molecule has 57 heavy (non-hydrogen) atoms. The summed E-state index contributed by atoms with van der Waals surface area (Å²) in [5, 5.41) is 8.88. The Bertz CT molecular complexity index is 1290. The van der Waals surface area contributed by atoms with Gasteiger partial charge in [-0.3, -0.25) is 23.4 Å². The Morgan fingerprint density at radius 3 is 1.54 bits per heavy atom. The summed E-state index contributed by atoms with van der Waals surface area (Å²) < 4.78 is 32.6. The number of carboxylic acids is 1. The second-order valence-electron chi connectivity index (χ2n) is 13.7. The molecule has 0 aromatic carbocycles. The highest BCUT2D eigenvalue weighted by molar-refractivity contribution is 7.47. The first-order valence-electron chi connectivity index (χ1n) is 21.1. The van der Waals surface area contributed by atoms with Gasteiger partial charge < -0.3 is 25.2 Å². The van der Waals surface area contributed by atoms with Crippen LogP contribution in [0.25, 0.3) is 0 Å². The molecule has 0 saturated heterocycles. The lowest BCUT2D eigenvalue weighted by Crippen LogP contribution is -2.34. The van der Waals surface area contributed by atoms with Crippen LogP contribution < -0.4 is 5.73 Å². The first-order valence-corrected chi connectivity index (χ1v) is 22.6. The zero-order valence-corrected chi connectivity index (χ0v) is 35.8. The predicted octanol–water partition coefficient (Wildman–Crippen LogP) is 11.1. The van der Waals surface area contributed by atoms with Gasteiger partial charge in [-0.2, -0.15) is 0 Å². The predicted molar refractivity (Wildman–Crippen MR) is 230 cm³/mol. The van der Waals surface area contributed by atoms with Crippen molar-refractivity contribution in [2.75, 3.05) is 19.8 Å². The summed E-state index contributed by atoms with van der Waals surface area (Å²) in [5.41, 5.74) is 5.32. The van der Waals surface area contributed by atoms with Crippen LogP contribution in [0, 0.1) is 0 Å². The number of rotatable bonds is 38. The third kappa shape index (κ3) is 39.3. The van der Waals surface area contributed by atoms with Crippen LogP contribution in [0.1, 0.15) is 149 Å². The quantitative estimate of drug-likeness (QED) is 0.0234. The van der Waals surface area contributed by atoms with Gasteiger partial charge in [0.25, 0.3) is 0 Å². The van der Waals surface area contributed by atoms with Crippen LogP contribution in [-0.4, -0.2) is 59.9 Å². The molecule has 0 aromatic rings. The molecular formula is C45H74NO10P. The molecule has 12 heteroatoms. The minimum atomic E-state index is -4.74. The van der Waals surface area contributed by atoms with E-state index in [1.807, 2.05) is 12.2 Å². The molecule has 0 spiro atoms. The summed E-state index contributed by atoms with van der Waals surface area (Å²) in [4.78, 5) is 45.9.